The molecular weight excluding hydrogens is 311 g/mol. The van der Waals surface area contributed by atoms with E-state index < -0.39 is 11.7 Å². The summed E-state index contributed by atoms with van der Waals surface area (Å²) in [6, 6.07) is 7.73. The van der Waals surface area contributed by atoms with Crippen LogP contribution in [-0.4, -0.2) is 30.5 Å². The second-order valence-corrected chi connectivity index (χ2v) is 5.62. The molecule has 2 aromatic heterocycles. The van der Waals surface area contributed by atoms with E-state index in [1.807, 2.05) is 13.8 Å². The van der Waals surface area contributed by atoms with E-state index in [1.54, 1.807) is 25.2 Å². The molecule has 0 aliphatic heterocycles. The molecule has 1 aromatic carbocycles. The first-order chi connectivity index (χ1) is 11.5. The molecule has 0 unspecified atom stereocenters. The number of anilines is 1. The van der Waals surface area contributed by atoms with Crippen molar-refractivity contribution in [3.8, 4) is 5.69 Å². The summed E-state index contributed by atoms with van der Waals surface area (Å²) >= 11 is 0. The van der Waals surface area contributed by atoms with Crippen LogP contribution in [0.3, 0.4) is 0 Å². The first-order valence-electron chi connectivity index (χ1n) is 7.48. The van der Waals surface area contributed by atoms with Crippen LogP contribution in [0.2, 0.25) is 0 Å². The summed E-state index contributed by atoms with van der Waals surface area (Å²) in [6.07, 6.45) is 1.53. The van der Waals surface area contributed by atoms with Gasteiger partial charge in [-0.3, -0.25) is 10.1 Å². The van der Waals surface area contributed by atoms with Gasteiger partial charge < -0.3 is 0 Å². The maximum Gasteiger partial charge on any atom is 0.278 e. The van der Waals surface area contributed by atoms with Crippen LogP contribution in [0.1, 0.15) is 36.1 Å². The van der Waals surface area contributed by atoms with Gasteiger partial charge >= 0.3 is 0 Å². The van der Waals surface area contributed by atoms with Gasteiger partial charge in [0, 0.05) is 19.2 Å². The second-order valence-electron chi connectivity index (χ2n) is 5.62. The lowest BCUT2D eigenvalue weighted by Crippen LogP contribution is -2.16. The quantitative estimate of drug-likeness (QED) is 0.798. The molecule has 0 aliphatic carbocycles. The Morgan fingerprint density at radius 3 is 2.62 bits per heavy atom. The maximum atomic E-state index is 13.8. The van der Waals surface area contributed by atoms with Crippen molar-refractivity contribution < 1.29 is 9.18 Å². The Morgan fingerprint density at radius 1 is 1.21 bits per heavy atom. The predicted octanol–water partition coefficient (Wildman–Crippen LogP) is 2.52. The van der Waals surface area contributed by atoms with Crippen molar-refractivity contribution in [3.05, 3.63) is 53.9 Å². The summed E-state index contributed by atoms with van der Waals surface area (Å²) in [7, 11) is 1.70. The number of halogens is 1. The van der Waals surface area contributed by atoms with Gasteiger partial charge in [0.2, 0.25) is 5.95 Å². The van der Waals surface area contributed by atoms with E-state index in [0.29, 0.717) is 11.8 Å². The van der Waals surface area contributed by atoms with Crippen molar-refractivity contribution >= 4 is 11.9 Å². The zero-order valence-corrected chi connectivity index (χ0v) is 13.6. The van der Waals surface area contributed by atoms with Crippen LogP contribution in [0.4, 0.5) is 10.3 Å². The van der Waals surface area contributed by atoms with E-state index >= 15 is 0 Å². The Kier molecular flexibility index (Phi) is 4.11. The molecule has 3 rings (SSSR count). The van der Waals surface area contributed by atoms with Gasteiger partial charge in [0.15, 0.2) is 11.5 Å². The van der Waals surface area contributed by atoms with Gasteiger partial charge in [0.05, 0.1) is 0 Å². The number of amides is 1. The molecule has 0 aliphatic rings. The summed E-state index contributed by atoms with van der Waals surface area (Å²) in [5.74, 6) is 0.286. The average Bonchev–Trinajstić information content (AvgIpc) is 3.16. The molecule has 1 N–H and O–H groups in total. The van der Waals surface area contributed by atoms with Crippen LogP contribution in [0.25, 0.3) is 5.69 Å². The highest BCUT2D eigenvalue weighted by molar-refractivity contribution is 6.01. The third-order valence-electron chi connectivity index (χ3n) is 3.44. The van der Waals surface area contributed by atoms with Crippen molar-refractivity contribution in [2.24, 2.45) is 7.05 Å². The number of rotatable bonds is 4. The van der Waals surface area contributed by atoms with E-state index in [0.717, 1.165) is 0 Å². The van der Waals surface area contributed by atoms with Crippen molar-refractivity contribution in [1.29, 1.82) is 0 Å². The molecule has 0 radical (unpaired) electrons. The molecule has 124 valence electrons. The fourth-order valence-electron chi connectivity index (χ4n) is 2.14. The SMILES string of the molecule is CC(C)c1nc(NC(=O)c2ccn(-c3ccccc3F)n2)n(C)n1. The monoisotopic (exact) mass is 328 g/mol. The van der Waals surface area contributed by atoms with Gasteiger partial charge in [-0.25, -0.2) is 13.8 Å². The Hall–Kier alpha value is -3.03. The number of aromatic nitrogens is 5. The lowest BCUT2D eigenvalue weighted by Gasteiger charge is -2.03. The van der Waals surface area contributed by atoms with Crippen molar-refractivity contribution in [2.45, 2.75) is 19.8 Å². The van der Waals surface area contributed by atoms with Gasteiger partial charge in [-0.2, -0.15) is 15.2 Å². The molecular formula is C16H17FN6O. The van der Waals surface area contributed by atoms with E-state index in [9.17, 15) is 9.18 Å². The molecule has 1 amide bonds. The summed E-state index contributed by atoms with van der Waals surface area (Å²) in [4.78, 5) is 16.6. The third kappa shape index (κ3) is 3.03. The predicted molar refractivity (Wildman–Crippen MR) is 86.6 cm³/mol. The smallest absolute Gasteiger partial charge is 0.278 e. The summed E-state index contributed by atoms with van der Waals surface area (Å²) in [5, 5.41) is 11.0. The van der Waals surface area contributed by atoms with Crippen molar-refractivity contribution in [3.63, 3.8) is 0 Å². The highest BCUT2D eigenvalue weighted by atomic mass is 19.1. The molecule has 0 fully saturated rings. The standard InChI is InChI=1S/C16H17FN6O/c1-10(2)14-18-16(22(3)21-14)19-15(24)12-8-9-23(20-12)13-7-5-4-6-11(13)17/h4-10H,1-3H3,(H,18,19,21,24). The maximum absolute atomic E-state index is 13.8. The van der Waals surface area contributed by atoms with E-state index in [2.05, 4.69) is 20.5 Å². The minimum Gasteiger partial charge on any atom is -0.289 e. The van der Waals surface area contributed by atoms with Crippen LogP contribution in [0, 0.1) is 5.82 Å². The molecule has 0 saturated heterocycles. The van der Waals surface area contributed by atoms with Gasteiger partial charge in [-0.05, 0) is 18.2 Å². The number of hydrogen-bond donors (Lipinski definition) is 1. The molecule has 3 aromatic rings. The van der Waals surface area contributed by atoms with Crippen LogP contribution >= 0.6 is 0 Å². The zero-order valence-electron chi connectivity index (χ0n) is 13.6. The number of nitrogens with zero attached hydrogens (tertiary/aromatic N) is 5. The van der Waals surface area contributed by atoms with Gasteiger partial charge in [-0.1, -0.05) is 26.0 Å². The van der Waals surface area contributed by atoms with E-state index in [-0.39, 0.29) is 17.3 Å². The molecule has 0 spiro atoms. The molecule has 7 nitrogen and oxygen atoms in total. The average molecular weight is 328 g/mol. The highest BCUT2D eigenvalue weighted by Crippen LogP contribution is 2.14. The minimum absolute atomic E-state index is 0.155. The van der Waals surface area contributed by atoms with Crippen LogP contribution in [0.15, 0.2) is 36.5 Å². The van der Waals surface area contributed by atoms with Crippen LogP contribution < -0.4 is 5.32 Å². The number of carbonyl (C=O) groups is 1. The number of benzene rings is 1. The number of aryl methyl sites for hydroxylation is 1. The first-order valence-corrected chi connectivity index (χ1v) is 7.48. The summed E-state index contributed by atoms with van der Waals surface area (Å²) in [5.41, 5.74) is 0.435. The molecule has 2 heterocycles. The third-order valence-corrected chi connectivity index (χ3v) is 3.44. The number of carbonyl (C=O) groups excluding carboxylic acids is 1. The number of hydrogen-bond acceptors (Lipinski definition) is 4. The minimum atomic E-state index is -0.434. The topological polar surface area (TPSA) is 77.6 Å². The molecule has 8 heteroatoms. The Balaban J connectivity index is 1.81. The van der Waals surface area contributed by atoms with Crippen LogP contribution in [0.5, 0.6) is 0 Å². The van der Waals surface area contributed by atoms with Gasteiger partial charge in [-0.15, -0.1) is 0 Å². The van der Waals surface area contributed by atoms with Crippen LogP contribution in [-0.2, 0) is 7.05 Å². The van der Waals surface area contributed by atoms with Gasteiger partial charge in [0.1, 0.15) is 11.5 Å². The highest BCUT2D eigenvalue weighted by Gasteiger charge is 2.16. The zero-order chi connectivity index (χ0) is 17.3. The Labute approximate surface area is 138 Å². The molecule has 0 bridgehead atoms. The lowest BCUT2D eigenvalue weighted by molar-refractivity contribution is 0.102. The number of nitrogens with one attached hydrogen (secondary N) is 1. The van der Waals surface area contributed by atoms with E-state index in [4.69, 9.17) is 0 Å². The normalized spacial score (nSPS) is 11.0. The van der Waals surface area contributed by atoms with Crippen molar-refractivity contribution in [2.75, 3.05) is 5.32 Å². The van der Waals surface area contributed by atoms with Crippen molar-refractivity contribution in [1.82, 2.24) is 24.5 Å². The Morgan fingerprint density at radius 2 is 1.96 bits per heavy atom. The van der Waals surface area contributed by atoms with E-state index in [1.165, 1.54) is 27.7 Å². The fraction of sp³-hybridized carbons (Fsp3) is 0.250. The lowest BCUT2D eigenvalue weighted by atomic mass is 10.2. The fourth-order valence-corrected chi connectivity index (χ4v) is 2.14. The summed E-state index contributed by atoms with van der Waals surface area (Å²) in [6.45, 7) is 3.94. The molecule has 0 atom stereocenters. The molecule has 24 heavy (non-hydrogen) atoms. The molecule has 0 saturated carbocycles. The van der Waals surface area contributed by atoms with Gasteiger partial charge in [0.25, 0.3) is 5.91 Å². The number of para-hydroxylation sites is 1. The largest absolute Gasteiger partial charge is 0.289 e. The second kappa shape index (κ2) is 6.23. The Bertz CT molecular complexity index is 882. The summed E-state index contributed by atoms with van der Waals surface area (Å²) < 4.78 is 16.6. The first kappa shape index (κ1) is 15.9.